The van der Waals surface area contributed by atoms with Gasteiger partial charge in [-0.3, -0.25) is 4.98 Å². The van der Waals surface area contributed by atoms with Gasteiger partial charge in [0.25, 0.3) is 0 Å². The molecule has 2 rings (SSSR count). The SMILES string of the molecule is CC(O)c1cccnc1N(CCC#N)Cc1cccnc1. The van der Waals surface area contributed by atoms with Gasteiger partial charge in [-0.15, -0.1) is 0 Å². The van der Waals surface area contributed by atoms with Crippen molar-refractivity contribution in [3.63, 3.8) is 0 Å². The number of hydrogen-bond donors (Lipinski definition) is 1. The molecule has 0 aliphatic carbocycles. The number of hydrogen-bond acceptors (Lipinski definition) is 5. The molecule has 0 saturated heterocycles. The van der Waals surface area contributed by atoms with Crippen molar-refractivity contribution >= 4 is 5.82 Å². The molecule has 2 aromatic heterocycles. The molecule has 108 valence electrons. The highest BCUT2D eigenvalue weighted by Gasteiger charge is 2.15. The van der Waals surface area contributed by atoms with Gasteiger partial charge >= 0.3 is 0 Å². The zero-order valence-corrected chi connectivity index (χ0v) is 12.0. The lowest BCUT2D eigenvalue weighted by Gasteiger charge is -2.25. The van der Waals surface area contributed by atoms with E-state index in [0.29, 0.717) is 25.3 Å². The van der Waals surface area contributed by atoms with Crippen LogP contribution in [0.5, 0.6) is 0 Å². The Morgan fingerprint density at radius 1 is 1.33 bits per heavy atom. The maximum Gasteiger partial charge on any atom is 0.134 e. The molecule has 5 heteroatoms. The Hall–Kier alpha value is -2.45. The molecule has 5 nitrogen and oxygen atoms in total. The molecule has 0 aromatic carbocycles. The van der Waals surface area contributed by atoms with Gasteiger partial charge in [-0.2, -0.15) is 5.26 Å². The van der Waals surface area contributed by atoms with E-state index in [-0.39, 0.29) is 0 Å². The minimum atomic E-state index is -0.604. The summed E-state index contributed by atoms with van der Waals surface area (Å²) >= 11 is 0. The third-order valence-electron chi connectivity index (χ3n) is 3.16. The van der Waals surface area contributed by atoms with E-state index in [1.165, 1.54) is 0 Å². The van der Waals surface area contributed by atoms with Crippen molar-refractivity contribution in [2.24, 2.45) is 0 Å². The summed E-state index contributed by atoms with van der Waals surface area (Å²) in [7, 11) is 0. The lowest BCUT2D eigenvalue weighted by molar-refractivity contribution is 0.199. The number of aromatic nitrogens is 2. The van der Waals surface area contributed by atoms with Crippen LogP contribution in [0, 0.1) is 11.3 Å². The molecule has 1 N–H and O–H groups in total. The third kappa shape index (κ3) is 4.01. The standard InChI is InChI=1S/C16H18N4O/c1-13(21)15-6-3-9-19-16(15)20(10-4-7-17)12-14-5-2-8-18-11-14/h2-3,5-6,8-9,11,13,21H,4,10,12H2,1H3. The van der Waals surface area contributed by atoms with Crippen molar-refractivity contribution in [1.29, 1.82) is 5.26 Å². The first-order chi connectivity index (χ1) is 10.2. The smallest absolute Gasteiger partial charge is 0.134 e. The quantitative estimate of drug-likeness (QED) is 0.881. The Balaban J connectivity index is 2.30. The van der Waals surface area contributed by atoms with Crippen LogP contribution in [0.2, 0.25) is 0 Å². The molecule has 2 aromatic rings. The molecule has 1 atom stereocenters. The number of nitriles is 1. The van der Waals surface area contributed by atoms with Crippen molar-refractivity contribution in [1.82, 2.24) is 9.97 Å². The predicted molar refractivity (Wildman–Crippen MR) is 80.4 cm³/mol. The number of aliphatic hydroxyl groups excluding tert-OH is 1. The maximum absolute atomic E-state index is 9.90. The summed E-state index contributed by atoms with van der Waals surface area (Å²) < 4.78 is 0. The first kappa shape index (κ1) is 14.9. The molecule has 1 unspecified atom stereocenters. The van der Waals surface area contributed by atoms with E-state index in [0.717, 1.165) is 11.1 Å². The summed E-state index contributed by atoms with van der Waals surface area (Å²) in [5.74, 6) is 0.714. The summed E-state index contributed by atoms with van der Waals surface area (Å²) in [6, 6.07) is 9.68. The van der Waals surface area contributed by atoms with Crippen molar-refractivity contribution in [3.8, 4) is 6.07 Å². The van der Waals surface area contributed by atoms with Gasteiger partial charge in [-0.25, -0.2) is 4.98 Å². The molecule has 0 spiro atoms. The summed E-state index contributed by atoms with van der Waals surface area (Å²) in [6.07, 6.45) is 5.02. The van der Waals surface area contributed by atoms with Gasteiger partial charge in [0.05, 0.1) is 18.6 Å². The first-order valence-electron chi connectivity index (χ1n) is 6.86. The Kier molecular flexibility index (Phi) is 5.24. The average molecular weight is 282 g/mol. The van der Waals surface area contributed by atoms with Gasteiger partial charge in [0.1, 0.15) is 5.82 Å². The van der Waals surface area contributed by atoms with E-state index in [1.54, 1.807) is 31.6 Å². The second-order valence-corrected chi connectivity index (χ2v) is 4.78. The Labute approximate surface area is 124 Å². The number of pyridine rings is 2. The second kappa shape index (κ2) is 7.36. The summed E-state index contributed by atoms with van der Waals surface area (Å²) in [6.45, 7) is 2.88. The minimum absolute atomic E-state index is 0.399. The van der Waals surface area contributed by atoms with Crippen LogP contribution in [0.25, 0.3) is 0 Å². The van der Waals surface area contributed by atoms with Crippen LogP contribution in [-0.2, 0) is 6.54 Å². The minimum Gasteiger partial charge on any atom is -0.389 e. The van der Waals surface area contributed by atoms with E-state index in [9.17, 15) is 5.11 Å². The van der Waals surface area contributed by atoms with E-state index in [4.69, 9.17) is 5.26 Å². The summed E-state index contributed by atoms with van der Waals surface area (Å²) in [5, 5.41) is 18.7. The molecule has 0 fully saturated rings. The van der Waals surface area contributed by atoms with E-state index >= 15 is 0 Å². The van der Waals surface area contributed by atoms with E-state index < -0.39 is 6.10 Å². The van der Waals surface area contributed by atoms with Crippen LogP contribution >= 0.6 is 0 Å². The second-order valence-electron chi connectivity index (χ2n) is 4.78. The van der Waals surface area contributed by atoms with Crippen molar-refractivity contribution in [3.05, 3.63) is 54.0 Å². The first-order valence-corrected chi connectivity index (χ1v) is 6.86. The van der Waals surface area contributed by atoms with Crippen LogP contribution in [-0.4, -0.2) is 21.6 Å². The molecular weight excluding hydrogens is 264 g/mol. The maximum atomic E-state index is 9.90. The van der Waals surface area contributed by atoms with E-state index in [1.807, 2.05) is 23.1 Å². The van der Waals surface area contributed by atoms with Crippen LogP contribution in [0.3, 0.4) is 0 Å². The van der Waals surface area contributed by atoms with E-state index in [2.05, 4.69) is 16.0 Å². The Morgan fingerprint density at radius 2 is 2.14 bits per heavy atom. The molecule has 0 bridgehead atoms. The number of nitrogens with zero attached hydrogens (tertiary/aromatic N) is 4. The number of rotatable bonds is 6. The highest BCUT2D eigenvalue weighted by molar-refractivity contribution is 5.48. The van der Waals surface area contributed by atoms with Crippen molar-refractivity contribution in [2.45, 2.75) is 26.0 Å². The average Bonchev–Trinajstić information content (AvgIpc) is 2.52. The van der Waals surface area contributed by atoms with Crippen LogP contribution in [0.15, 0.2) is 42.9 Å². The zero-order chi connectivity index (χ0) is 15.1. The number of aliphatic hydroxyl groups is 1. The Morgan fingerprint density at radius 3 is 2.81 bits per heavy atom. The lowest BCUT2D eigenvalue weighted by Crippen LogP contribution is -2.26. The molecule has 0 saturated carbocycles. The van der Waals surface area contributed by atoms with Crippen LogP contribution in [0.4, 0.5) is 5.82 Å². The molecule has 2 heterocycles. The molecule has 0 aliphatic rings. The van der Waals surface area contributed by atoms with Crippen molar-refractivity contribution in [2.75, 3.05) is 11.4 Å². The monoisotopic (exact) mass is 282 g/mol. The van der Waals surface area contributed by atoms with Gasteiger partial charge in [-0.1, -0.05) is 12.1 Å². The van der Waals surface area contributed by atoms with Gasteiger partial charge in [-0.05, 0) is 24.6 Å². The largest absolute Gasteiger partial charge is 0.389 e. The fourth-order valence-corrected chi connectivity index (χ4v) is 2.16. The molecule has 21 heavy (non-hydrogen) atoms. The normalized spacial score (nSPS) is 11.7. The van der Waals surface area contributed by atoms with Crippen LogP contribution < -0.4 is 4.90 Å². The molecule has 0 amide bonds. The van der Waals surface area contributed by atoms with Crippen LogP contribution in [0.1, 0.15) is 30.6 Å². The van der Waals surface area contributed by atoms with Crippen molar-refractivity contribution < 1.29 is 5.11 Å². The topological polar surface area (TPSA) is 73.0 Å². The zero-order valence-electron chi connectivity index (χ0n) is 12.0. The van der Waals surface area contributed by atoms with Gasteiger partial charge < -0.3 is 10.0 Å². The van der Waals surface area contributed by atoms with Gasteiger partial charge in [0.15, 0.2) is 0 Å². The molecule has 0 aliphatic heterocycles. The third-order valence-corrected chi connectivity index (χ3v) is 3.16. The summed E-state index contributed by atoms with van der Waals surface area (Å²) in [5.41, 5.74) is 1.80. The van der Waals surface area contributed by atoms with Gasteiger partial charge in [0, 0.05) is 37.2 Å². The fraction of sp³-hybridized carbons (Fsp3) is 0.312. The predicted octanol–water partition coefficient (Wildman–Crippen LogP) is 2.45. The summed E-state index contributed by atoms with van der Waals surface area (Å²) in [4.78, 5) is 10.5. The molecular formula is C16H18N4O. The van der Waals surface area contributed by atoms with Gasteiger partial charge in [0.2, 0.25) is 0 Å². The number of anilines is 1. The fourth-order valence-electron chi connectivity index (χ4n) is 2.16. The molecule has 0 radical (unpaired) electrons. The highest BCUT2D eigenvalue weighted by Crippen LogP contribution is 2.25. The highest BCUT2D eigenvalue weighted by atomic mass is 16.3. The Bertz CT molecular complexity index is 607. The lowest BCUT2D eigenvalue weighted by atomic mass is 10.1.